The number of carbonyl (C=O) groups excluding carboxylic acids is 1. The van der Waals surface area contributed by atoms with E-state index in [0.29, 0.717) is 18.0 Å². The van der Waals surface area contributed by atoms with Crippen molar-refractivity contribution in [2.75, 3.05) is 13.7 Å². The lowest BCUT2D eigenvalue weighted by atomic mass is 9.87. The fourth-order valence-electron chi connectivity index (χ4n) is 4.28. The number of thiophene rings is 1. The molecule has 1 fully saturated rings. The number of aryl methyl sites for hydroxylation is 2. The summed E-state index contributed by atoms with van der Waals surface area (Å²) >= 11 is 1.74. The van der Waals surface area contributed by atoms with Gasteiger partial charge < -0.3 is 19.9 Å². The summed E-state index contributed by atoms with van der Waals surface area (Å²) in [6.45, 7) is 2.66. The molecule has 2 aliphatic carbocycles. The molecule has 0 spiro atoms. The van der Waals surface area contributed by atoms with Gasteiger partial charge in [0.1, 0.15) is 12.2 Å². The number of nitrogens with one attached hydrogen (secondary N) is 1. The number of fused-ring (bicyclic) bond motifs is 1. The number of ether oxygens (including phenoxy) is 2. The summed E-state index contributed by atoms with van der Waals surface area (Å²) < 4.78 is 11.3. The monoisotopic (exact) mass is 401 g/mol. The predicted octanol–water partition coefficient (Wildman–Crippen LogP) is 3.37. The molecule has 1 saturated carbocycles. The predicted molar refractivity (Wildman–Crippen MR) is 110 cm³/mol. The fourth-order valence-corrected chi connectivity index (χ4v) is 5.33. The number of Topliss-reactive ketones (excluding diaryl/α,β-unsaturated/α-hetero) is 1. The number of rotatable bonds is 6. The molecule has 5 nitrogen and oxygen atoms in total. The quantitative estimate of drug-likeness (QED) is 0.777. The third-order valence-corrected chi connectivity index (χ3v) is 6.93. The van der Waals surface area contributed by atoms with Gasteiger partial charge in [0.15, 0.2) is 17.3 Å². The third-order valence-electron chi connectivity index (χ3n) is 5.82. The number of aliphatic hydroxyl groups excluding tert-OH is 1. The molecular weight excluding hydrogens is 374 g/mol. The van der Waals surface area contributed by atoms with Crippen LogP contribution in [-0.4, -0.2) is 42.8 Å². The van der Waals surface area contributed by atoms with E-state index < -0.39 is 6.10 Å². The minimum absolute atomic E-state index is 0.0112. The lowest BCUT2D eigenvalue weighted by molar-refractivity contribution is 0.0427. The molecule has 1 aromatic carbocycles. The Labute approximate surface area is 169 Å². The summed E-state index contributed by atoms with van der Waals surface area (Å²) in [4.78, 5) is 15.2. The molecule has 28 heavy (non-hydrogen) atoms. The maximum atomic E-state index is 12.8. The second-order valence-corrected chi connectivity index (χ2v) is 9.02. The van der Waals surface area contributed by atoms with Crippen molar-refractivity contribution in [1.29, 1.82) is 0 Å². The number of aliphatic hydroxyl groups is 1. The minimum Gasteiger partial charge on any atom is -0.493 e. The van der Waals surface area contributed by atoms with E-state index in [9.17, 15) is 9.90 Å². The van der Waals surface area contributed by atoms with Gasteiger partial charge in [0.25, 0.3) is 0 Å². The van der Waals surface area contributed by atoms with Crippen LogP contribution in [0.3, 0.4) is 0 Å². The number of para-hydroxylation sites is 2. The van der Waals surface area contributed by atoms with Crippen molar-refractivity contribution in [2.45, 2.75) is 50.9 Å². The van der Waals surface area contributed by atoms with Crippen molar-refractivity contribution < 1.29 is 19.4 Å². The first-order valence-electron chi connectivity index (χ1n) is 9.91. The van der Waals surface area contributed by atoms with Crippen molar-refractivity contribution >= 4 is 17.1 Å². The van der Waals surface area contributed by atoms with Crippen LogP contribution in [0.4, 0.5) is 0 Å². The van der Waals surface area contributed by atoms with Crippen LogP contribution >= 0.6 is 11.3 Å². The van der Waals surface area contributed by atoms with Gasteiger partial charge in [-0.05, 0) is 50.8 Å². The van der Waals surface area contributed by atoms with Crippen LogP contribution < -0.4 is 14.8 Å². The van der Waals surface area contributed by atoms with Gasteiger partial charge in [-0.15, -0.1) is 11.3 Å². The molecule has 2 aliphatic rings. The van der Waals surface area contributed by atoms with Crippen LogP contribution in [0, 0.1) is 12.8 Å². The molecule has 4 unspecified atom stereocenters. The molecule has 150 valence electrons. The van der Waals surface area contributed by atoms with E-state index in [1.807, 2.05) is 30.3 Å². The Hall–Kier alpha value is -1.89. The molecule has 2 N–H and O–H groups in total. The van der Waals surface area contributed by atoms with Crippen LogP contribution in [-0.2, 0) is 6.42 Å². The lowest BCUT2D eigenvalue weighted by Gasteiger charge is -2.26. The van der Waals surface area contributed by atoms with Gasteiger partial charge in [-0.2, -0.15) is 0 Å². The number of carbonyl (C=O) groups is 1. The van der Waals surface area contributed by atoms with E-state index in [1.54, 1.807) is 18.4 Å². The summed E-state index contributed by atoms with van der Waals surface area (Å²) in [6.07, 6.45) is 2.56. The largest absolute Gasteiger partial charge is 0.493 e. The molecule has 2 aromatic rings. The van der Waals surface area contributed by atoms with Crippen molar-refractivity contribution in [1.82, 2.24) is 5.32 Å². The number of ketones is 1. The van der Waals surface area contributed by atoms with E-state index in [2.05, 4.69) is 12.2 Å². The molecule has 6 heteroatoms. The lowest BCUT2D eigenvalue weighted by Crippen LogP contribution is -2.44. The Bertz CT molecular complexity index is 849. The van der Waals surface area contributed by atoms with Gasteiger partial charge in [0, 0.05) is 33.8 Å². The van der Waals surface area contributed by atoms with Crippen molar-refractivity contribution in [3.8, 4) is 11.5 Å². The minimum atomic E-state index is -0.609. The third kappa shape index (κ3) is 3.81. The first-order valence-corrected chi connectivity index (χ1v) is 10.7. The van der Waals surface area contributed by atoms with Crippen molar-refractivity contribution in [2.24, 2.45) is 5.92 Å². The number of benzene rings is 1. The molecule has 4 rings (SSSR count). The highest BCUT2D eigenvalue weighted by Gasteiger charge is 2.38. The van der Waals surface area contributed by atoms with Gasteiger partial charge in [0.05, 0.1) is 7.11 Å². The summed E-state index contributed by atoms with van der Waals surface area (Å²) in [5.74, 6) is 1.55. The van der Waals surface area contributed by atoms with Crippen LogP contribution in [0.1, 0.15) is 39.4 Å². The van der Waals surface area contributed by atoms with Gasteiger partial charge in [0.2, 0.25) is 0 Å². The highest BCUT2D eigenvalue weighted by Crippen LogP contribution is 2.33. The Kier molecular flexibility index (Phi) is 5.71. The van der Waals surface area contributed by atoms with Crippen LogP contribution in [0.2, 0.25) is 0 Å². The van der Waals surface area contributed by atoms with E-state index in [-0.39, 0.29) is 23.8 Å². The molecule has 0 radical (unpaired) electrons. The highest BCUT2D eigenvalue weighted by molar-refractivity contribution is 7.12. The Morgan fingerprint density at radius 2 is 2.00 bits per heavy atom. The van der Waals surface area contributed by atoms with Crippen LogP contribution in [0.25, 0.3) is 0 Å². The SMILES string of the molecule is COc1ccccc1OC1CCC(NCC2CCc3sc(C)cc3C2=O)C1O. The zero-order chi connectivity index (χ0) is 19.7. The first-order chi connectivity index (χ1) is 13.6. The van der Waals surface area contributed by atoms with E-state index in [4.69, 9.17) is 9.47 Å². The maximum absolute atomic E-state index is 12.8. The van der Waals surface area contributed by atoms with Crippen LogP contribution in [0.5, 0.6) is 11.5 Å². The van der Waals surface area contributed by atoms with Gasteiger partial charge in [-0.1, -0.05) is 12.1 Å². The van der Waals surface area contributed by atoms with E-state index in [0.717, 1.165) is 31.2 Å². The average Bonchev–Trinajstić information content (AvgIpc) is 3.25. The Morgan fingerprint density at radius 3 is 2.79 bits per heavy atom. The Morgan fingerprint density at radius 1 is 1.21 bits per heavy atom. The number of hydrogen-bond acceptors (Lipinski definition) is 6. The molecule has 1 aromatic heterocycles. The van der Waals surface area contributed by atoms with Crippen molar-refractivity contribution in [3.63, 3.8) is 0 Å². The maximum Gasteiger partial charge on any atom is 0.168 e. The van der Waals surface area contributed by atoms with Gasteiger partial charge in [-0.25, -0.2) is 0 Å². The summed E-state index contributed by atoms with van der Waals surface area (Å²) in [7, 11) is 1.61. The zero-order valence-corrected chi connectivity index (χ0v) is 17.1. The molecule has 1 heterocycles. The normalized spacial score (nSPS) is 26.9. The van der Waals surface area contributed by atoms with Crippen LogP contribution in [0.15, 0.2) is 30.3 Å². The van der Waals surface area contributed by atoms with Gasteiger partial charge >= 0.3 is 0 Å². The fraction of sp³-hybridized carbons (Fsp3) is 0.500. The number of methoxy groups -OCH3 is 1. The molecule has 0 aliphatic heterocycles. The molecule has 0 amide bonds. The molecule has 4 atom stereocenters. The standard InChI is InChI=1S/C22H27NO4S/c1-13-11-15-20(28-13)10-7-14(21(15)24)12-23-16-8-9-19(22(16)25)27-18-6-4-3-5-17(18)26-2/h3-6,11,14,16,19,22-23,25H,7-10,12H2,1-2H3. The number of hydrogen-bond donors (Lipinski definition) is 2. The summed E-state index contributed by atoms with van der Waals surface area (Å²) in [5.41, 5.74) is 0.907. The van der Waals surface area contributed by atoms with Gasteiger partial charge in [-0.3, -0.25) is 4.79 Å². The summed E-state index contributed by atoms with van der Waals surface area (Å²) in [6, 6.07) is 9.45. The molecule has 0 saturated heterocycles. The Balaban J connectivity index is 1.33. The first kappa shape index (κ1) is 19.4. The molecular formula is C22H27NO4S. The van der Waals surface area contributed by atoms with E-state index >= 15 is 0 Å². The second-order valence-electron chi connectivity index (χ2n) is 7.68. The zero-order valence-electron chi connectivity index (χ0n) is 16.3. The average molecular weight is 402 g/mol. The van der Waals surface area contributed by atoms with E-state index in [1.165, 1.54) is 9.75 Å². The smallest absolute Gasteiger partial charge is 0.168 e. The second kappa shape index (κ2) is 8.23. The van der Waals surface area contributed by atoms with Crippen molar-refractivity contribution in [3.05, 3.63) is 45.6 Å². The highest BCUT2D eigenvalue weighted by atomic mass is 32.1. The topological polar surface area (TPSA) is 67.8 Å². The summed E-state index contributed by atoms with van der Waals surface area (Å²) in [5, 5.41) is 14.2. The molecule has 0 bridgehead atoms.